The van der Waals surface area contributed by atoms with Crippen LogP contribution in [-0.4, -0.2) is 4.92 Å². The lowest BCUT2D eigenvalue weighted by Crippen LogP contribution is -1.89. The van der Waals surface area contributed by atoms with Crippen LogP contribution in [0.5, 0.6) is 0 Å². The van der Waals surface area contributed by atoms with Gasteiger partial charge in [0.25, 0.3) is 5.69 Å². The van der Waals surface area contributed by atoms with E-state index in [0.717, 1.165) is 16.7 Å². The number of rotatable bonds is 2. The van der Waals surface area contributed by atoms with Gasteiger partial charge in [-0.3, -0.25) is 10.1 Å². The molecule has 0 aliphatic heterocycles. The molecule has 2 rings (SSSR count). The molecule has 15 heavy (non-hydrogen) atoms. The zero-order valence-corrected chi connectivity index (χ0v) is 8.14. The van der Waals surface area contributed by atoms with Gasteiger partial charge in [-0.15, -0.1) is 0 Å². The highest BCUT2D eigenvalue weighted by Crippen LogP contribution is 2.27. The molecule has 0 radical (unpaired) electrons. The predicted molar refractivity (Wildman–Crippen MR) is 55.5 cm³/mol. The fourth-order valence-electron chi connectivity index (χ4n) is 1.45. The number of nitro benzene ring substituents is 1. The normalized spacial score (nSPS) is 10.2. The molecule has 0 N–H and O–H groups in total. The Bertz CT molecular complexity index is 489. The number of aryl methyl sites for hydroxylation is 1. The van der Waals surface area contributed by atoms with E-state index in [0.29, 0.717) is 0 Å². The van der Waals surface area contributed by atoms with Gasteiger partial charge in [-0.05, 0) is 24.1 Å². The van der Waals surface area contributed by atoms with Crippen LogP contribution >= 0.6 is 0 Å². The number of hydrogen-bond donors (Lipinski definition) is 0. The van der Waals surface area contributed by atoms with E-state index in [1.807, 2.05) is 6.92 Å². The molecule has 4 nitrogen and oxygen atoms in total. The largest absolute Gasteiger partial charge is 0.472 e. The molecule has 0 fully saturated rings. The molecule has 0 saturated carbocycles. The third-order valence-corrected chi connectivity index (χ3v) is 2.26. The second-order valence-electron chi connectivity index (χ2n) is 3.27. The van der Waals surface area contributed by atoms with Crippen molar-refractivity contribution < 1.29 is 9.34 Å². The first-order valence-corrected chi connectivity index (χ1v) is 4.46. The number of benzene rings is 1. The molecule has 1 heterocycles. The molecule has 0 aliphatic carbocycles. The molecule has 0 saturated heterocycles. The van der Waals surface area contributed by atoms with Gasteiger partial charge in [-0.2, -0.15) is 0 Å². The Morgan fingerprint density at radius 2 is 2.13 bits per heavy atom. The van der Waals surface area contributed by atoms with Crippen LogP contribution in [0.4, 0.5) is 5.69 Å². The lowest BCUT2D eigenvalue weighted by molar-refractivity contribution is -0.384. The van der Waals surface area contributed by atoms with Crippen molar-refractivity contribution >= 4 is 5.69 Å². The van der Waals surface area contributed by atoms with E-state index >= 15 is 0 Å². The van der Waals surface area contributed by atoms with Crippen LogP contribution in [0.2, 0.25) is 0 Å². The van der Waals surface area contributed by atoms with Crippen molar-refractivity contribution in [2.45, 2.75) is 6.92 Å². The monoisotopic (exact) mass is 203 g/mol. The van der Waals surface area contributed by atoms with Crippen LogP contribution in [0.3, 0.4) is 0 Å². The molecule has 2 aromatic rings. The minimum atomic E-state index is -0.400. The molecular weight excluding hydrogens is 194 g/mol. The number of furan rings is 1. The van der Waals surface area contributed by atoms with Crippen LogP contribution in [0.1, 0.15) is 5.56 Å². The molecule has 0 amide bonds. The lowest BCUT2D eigenvalue weighted by Gasteiger charge is -2.01. The fourth-order valence-corrected chi connectivity index (χ4v) is 1.45. The molecule has 0 spiro atoms. The number of nitrogens with zero attached hydrogens (tertiary/aromatic N) is 1. The van der Waals surface area contributed by atoms with E-state index in [1.54, 1.807) is 30.7 Å². The maximum atomic E-state index is 10.6. The van der Waals surface area contributed by atoms with E-state index in [-0.39, 0.29) is 5.69 Å². The highest BCUT2D eigenvalue weighted by molar-refractivity contribution is 5.68. The smallest absolute Gasteiger partial charge is 0.270 e. The second kappa shape index (κ2) is 3.57. The lowest BCUT2D eigenvalue weighted by atomic mass is 10.0. The first-order chi connectivity index (χ1) is 7.18. The van der Waals surface area contributed by atoms with Gasteiger partial charge in [-0.1, -0.05) is 6.07 Å². The highest BCUT2D eigenvalue weighted by Gasteiger charge is 2.10. The zero-order valence-electron chi connectivity index (χ0n) is 8.14. The van der Waals surface area contributed by atoms with Gasteiger partial charge in [-0.25, -0.2) is 0 Å². The summed E-state index contributed by atoms with van der Waals surface area (Å²) < 4.78 is 4.95. The van der Waals surface area contributed by atoms with Gasteiger partial charge in [0.1, 0.15) is 0 Å². The SMILES string of the molecule is Cc1ccc([N+](=O)[O-])cc1-c1ccoc1. The standard InChI is InChI=1S/C11H9NO3/c1-8-2-3-10(12(13)14)6-11(8)9-4-5-15-7-9/h2-7H,1H3. The van der Waals surface area contributed by atoms with Crippen molar-refractivity contribution in [3.63, 3.8) is 0 Å². The molecule has 0 bridgehead atoms. The summed E-state index contributed by atoms with van der Waals surface area (Å²) in [6.45, 7) is 1.91. The van der Waals surface area contributed by atoms with Crippen molar-refractivity contribution in [1.82, 2.24) is 0 Å². The quantitative estimate of drug-likeness (QED) is 0.556. The van der Waals surface area contributed by atoms with Gasteiger partial charge in [0.2, 0.25) is 0 Å². The molecule has 0 aliphatic rings. The molecule has 0 unspecified atom stereocenters. The van der Waals surface area contributed by atoms with E-state index in [4.69, 9.17) is 4.42 Å². The summed E-state index contributed by atoms with van der Waals surface area (Å²) in [7, 11) is 0. The maximum absolute atomic E-state index is 10.6. The van der Waals surface area contributed by atoms with E-state index in [2.05, 4.69) is 0 Å². The molecule has 1 aromatic heterocycles. The minimum Gasteiger partial charge on any atom is -0.472 e. The van der Waals surface area contributed by atoms with Crippen LogP contribution < -0.4 is 0 Å². The Morgan fingerprint density at radius 1 is 1.33 bits per heavy atom. The first-order valence-electron chi connectivity index (χ1n) is 4.46. The van der Waals surface area contributed by atoms with Gasteiger partial charge in [0, 0.05) is 17.7 Å². The van der Waals surface area contributed by atoms with Crippen molar-refractivity contribution in [2.24, 2.45) is 0 Å². The van der Waals surface area contributed by atoms with Gasteiger partial charge < -0.3 is 4.42 Å². The van der Waals surface area contributed by atoms with Gasteiger partial charge in [0.15, 0.2) is 0 Å². The summed E-state index contributed by atoms with van der Waals surface area (Å²) in [6, 6.07) is 6.58. The summed E-state index contributed by atoms with van der Waals surface area (Å²) in [5.41, 5.74) is 2.77. The van der Waals surface area contributed by atoms with Gasteiger partial charge >= 0.3 is 0 Å². The number of nitro groups is 1. The Kier molecular flexibility index (Phi) is 2.25. The number of non-ortho nitro benzene ring substituents is 1. The highest BCUT2D eigenvalue weighted by atomic mass is 16.6. The van der Waals surface area contributed by atoms with Crippen molar-refractivity contribution in [3.05, 3.63) is 52.5 Å². The fraction of sp³-hybridized carbons (Fsp3) is 0.0909. The third kappa shape index (κ3) is 1.74. The van der Waals surface area contributed by atoms with Crippen molar-refractivity contribution in [2.75, 3.05) is 0 Å². The summed E-state index contributed by atoms with van der Waals surface area (Å²) in [4.78, 5) is 10.2. The molecule has 1 aromatic carbocycles. The molecular formula is C11H9NO3. The molecule has 4 heteroatoms. The molecule has 76 valence electrons. The van der Waals surface area contributed by atoms with Gasteiger partial charge in [0.05, 0.1) is 17.4 Å². The van der Waals surface area contributed by atoms with Crippen molar-refractivity contribution in [3.8, 4) is 11.1 Å². The number of hydrogen-bond acceptors (Lipinski definition) is 3. The van der Waals surface area contributed by atoms with Crippen LogP contribution in [-0.2, 0) is 0 Å². The van der Waals surface area contributed by atoms with E-state index in [9.17, 15) is 10.1 Å². The predicted octanol–water partition coefficient (Wildman–Crippen LogP) is 3.16. The summed E-state index contributed by atoms with van der Waals surface area (Å²) in [5, 5.41) is 10.6. The summed E-state index contributed by atoms with van der Waals surface area (Å²) in [5.74, 6) is 0. The average molecular weight is 203 g/mol. The van der Waals surface area contributed by atoms with Crippen LogP contribution in [0.25, 0.3) is 11.1 Å². The summed E-state index contributed by atoms with van der Waals surface area (Å²) in [6.07, 6.45) is 3.12. The second-order valence-corrected chi connectivity index (χ2v) is 3.27. The Hall–Kier alpha value is -2.10. The van der Waals surface area contributed by atoms with E-state index in [1.165, 1.54) is 6.07 Å². The first kappa shape index (κ1) is 9.45. The third-order valence-electron chi connectivity index (χ3n) is 2.26. The van der Waals surface area contributed by atoms with Crippen LogP contribution in [0.15, 0.2) is 41.2 Å². The maximum Gasteiger partial charge on any atom is 0.270 e. The van der Waals surface area contributed by atoms with Crippen molar-refractivity contribution in [1.29, 1.82) is 0 Å². The Morgan fingerprint density at radius 3 is 2.73 bits per heavy atom. The topological polar surface area (TPSA) is 56.3 Å². The molecule has 0 atom stereocenters. The average Bonchev–Trinajstić information content (AvgIpc) is 2.71. The van der Waals surface area contributed by atoms with Crippen LogP contribution in [0, 0.1) is 17.0 Å². The Labute approximate surface area is 86.3 Å². The zero-order chi connectivity index (χ0) is 10.8. The Balaban J connectivity index is 2.55. The minimum absolute atomic E-state index is 0.0943. The van der Waals surface area contributed by atoms with E-state index < -0.39 is 4.92 Å². The summed E-state index contributed by atoms with van der Waals surface area (Å²) >= 11 is 0.